The van der Waals surface area contributed by atoms with E-state index >= 15 is 0 Å². The van der Waals surface area contributed by atoms with Crippen molar-refractivity contribution in [1.82, 2.24) is 15.1 Å². The lowest BCUT2D eigenvalue weighted by Gasteiger charge is -2.38. The summed E-state index contributed by atoms with van der Waals surface area (Å²) in [6, 6.07) is -0.411. The van der Waals surface area contributed by atoms with E-state index in [2.05, 4.69) is 5.32 Å². The van der Waals surface area contributed by atoms with Crippen molar-refractivity contribution in [3.63, 3.8) is 0 Å². The van der Waals surface area contributed by atoms with Gasteiger partial charge in [-0.2, -0.15) is 0 Å². The van der Waals surface area contributed by atoms with Gasteiger partial charge < -0.3 is 20.9 Å². The zero-order valence-electron chi connectivity index (χ0n) is 14.8. The molecule has 0 aromatic rings. The summed E-state index contributed by atoms with van der Waals surface area (Å²) in [5.41, 5.74) is 5.42. The van der Waals surface area contributed by atoms with Crippen LogP contribution >= 0.6 is 0 Å². The molecule has 3 amide bonds. The van der Waals surface area contributed by atoms with Gasteiger partial charge in [-0.05, 0) is 25.2 Å². The molecule has 0 spiro atoms. The Balaban J connectivity index is 2.03. The monoisotopic (exact) mass is 338 g/mol. The minimum Gasteiger partial charge on any atom is -0.355 e. The molecule has 2 rings (SSSR count). The Bertz CT molecular complexity index is 480. The van der Waals surface area contributed by atoms with E-state index < -0.39 is 6.04 Å². The first-order valence-electron chi connectivity index (χ1n) is 9.01. The van der Waals surface area contributed by atoms with Crippen molar-refractivity contribution < 1.29 is 14.4 Å². The van der Waals surface area contributed by atoms with Gasteiger partial charge in [0.25, 0.3) is 0 Å². The van der Waals surface area contributed by atoms with Crippen molar-refractivity contribution in [2.75, 3.05) is 32.7 Å². The highest BCUT2D eigenvalue weighted by molar-refractivity contribution is 5.89. The molecule has 0 aromatic carbocycles. The first-order chi connectivity index (χ1) is 11.5. The predicted molar refractivity (Wildman–Crippen MR) is 90.9 cm³/mol. The van der Waals surface area contributed by atoms with Gasteiger partial charge in [-0.25, -0.2) is 0 Å². The molecule has 7 nitrogen and oxygen atoms in total. The van der Waals surface area contributed by atoms with Crippen LogP contribution < -0.4 is 11.1 Å². The quantitative estimate of drug-likeness (QED) is 0.709. The van der Waals surface area contributed by atoms with E-state index in [-0.39, 0.29) is 29.6 Å². The summed E-state index contributed by atoms with van der Waals surface area (Å²) < 4.78 is 0. The Hall–Kier alpha value is -1.63. The third kappa shape index (κ3) is 4.26. The number of nitrogens with zero attached hydrogens (tertiary/aromatic N) is 2. The lowest BCUT2D eigenvalue weighted by molar-refractivity contribution is -0.147. The van der Waals surface area contributed by atoms with Crippen LogP contribution in [0.5, 0.6) is 0 Å². The zero-order chi connectivity index (χ0) is 17.7. The number of amides is 3. The van der Waals surface area contributed by atoms with Crippen LogP contribution in [0.25, 0.3) is 0 Å². The van der Waals surface area contributed by atoms with E-state index in [9.17, 15) is 14.4 Å². The Labute approximate surface area is 143 Å². The lowest BCUT2D eigenvalue weighted by Crippen LogP contribution is -2.55. The molecule has 2 saturated heterocycles. The van der Waals surface area contributed by atoms with Gasteiger partial charge in [-0.15, -0.1) is 0 Å². The average Bonchev–Trinajstić information content (AvgIpc) is 2.98. The first kappa shape index (κ1) is 18.7. The molecule has 7 heteroatoms. The van der Waals surface area contributed by atoms with Gasteiger partial charge in [0, 0.05) is 39.1 Å². The number of hydrogen-bond acceptors (Lipinski definition) is 4. The van der Waals surface area contributed by atoms with Crippen LogP contribution in [0.4, 0.5) is 0 Å². The number of rotatable bonds is 6. The summed E-state index contributed by atoms with van der Waals surface area (Å²) in [5, 5.41) is 2.81. The predicted octanol–water partition coefficient (Wildman–Crippen LogP) is -0.0531. The molecule has 2 aliphatic rings. The Morgan fingerprint density at radius 2 is 2.04 bits per heavy atom. The highest BCUT2D eigenvalue weighted by atomic mass is 16.2. The van der Waals surface area contributed by atoms with Gasteiger partial charge in [-0.1, -0.05) is 13.8 Å². The standard InChI is InChI=1S/C17H30N4O3/c1-12(2)15(21-10-4-6-14(21)22)17(24)20-9-3-5-13(11-20)16(23)19-8-7-18/h12-13,15H,3-11,18H2,1-2H3,(H,19,23). The van der Waals surface area contributed by atoms with Crippen LogP contribution in [-0.4, -0.2) is 66.3 Å². The normalized spacial score (nSPS) is 22.8. The topological polar surface area (TPSA) is 95.7 Å². The number of carbonyl (C=O) groups is 3. The molecule has 2 atom stereocenters. The molecule has 0 radical (unpaired) electrons. The summed E-state index contributed by atoms with van der Waals surface area (Å²) in [6.45, 7) is 6.56. The summed E-state index contributed by atoms with van der Waals surface area (Å²) >= 11 is 0. The van der Waals surface area contributed by atoms with Crippen molar-refractivity contribution >= 4 is 17.7 Å². The molecule has 136 valence electrons. The van der Waals surface area contributed by atoms with Gasteiger partial charge in [-0.3, -0.25) is 14.4 Å². The summed E-state index contributed by atoms with van der Waals surface area (Å²) in [6.07, 6.45) is 2.94. The molecule has 2 fully saturated rings. The van der Waals surface area contributed by atoms with Gasteiger partial charge >= 0.3 is 0 Å². The van der Waals surface area contributed by atoms with Crippen molar-refractivity contribution in [2.45, 2.75) is 45.6 Å². The van der Waals surface area contributed by atoms with E-state index in [0.29, 0.717) is 39.1 Å². The lowest BCUT2D eigenvalue weighted by atomic mass is 9.94. The average molecular weight is 338 g/mol. The third-order valence-corrected chi connectivity index (χ3v) is 4.88. The minimum atomic E-state index is -0.411. The fourth-order valence-electron chi connectivity index (χ4n) is 3.66. The molecular weight excluding hydrogens is 308 g/mol. The zero-order valence-corrected chi connectivity index (χ0v) is 14.8. The van der Waals surface area contributed by atoms with Crippen LogP contribution in [0.15, 0.2) is 0 Å². The summed E-state index contributed by atoms with van der Waals surface area (Å²) in [5.74, 6) is -0.105. The number of carbonyl (C=O) groups excluding carboxylic acids is 3. The van der Waals surface area contributed by atoms with Gasteiger partial charge in [0.1, 0.15) is 6.04 Å². The second kappa shape index (κ2) is 8.46. The first-order valence-corrected chi connectivity index (χ1v) is 9.01. The van der Waals surface area contributed by atoms with Crippen molar-refractivity contribution in [3.05, 3.63) is 0 Å². The number of nitrogens with one attached hydrogen (secondary N) is 1. The maximum absolute atomic E-state index is 13.0. The Morgan fingerprint density at radius 3 is 2.62 bits per heavy atom. The fraction of sp³-hybridized carbons (Fsp3) is 0.824. The molecule has 0 bridgehead atoms. The van der Waals surface area contributed by atoms with E-state index in [4.69, 9.17) is 5.73 Å². The van der Waals surface area contributed by atoms with E-state index in [0.717, 1.165) is 19.3 Å². The van der Waals surface area contributed by atoms with Crippen LogP contribution in [0.1, 0.15) is 39.5 Å². The summed E-state index contributed by atoms with van der Waals surface area (Å²) in [7, 11) is 0. The fourth-order valence-corrected chi connectivity index (χ4v) is 3.66. The van der Waals surface area contributed by atoms with Crippen molar-refractivity contribution in [3.8, 4) is 0 Å². The highest BCUT2D eigenvalue weighted by Gasteiger charge is 2.39. The van der Waals surface area contributed by atoms with E-state index in [1.54, 1.807) is 9.80 Å². The molecule has 3 N–H and O–H groups in total. The Kier molecular flexibility index (Phi) is 6.60. The number of hydrogen-bond donors (Lipinski definition) is 2. The van der Waals surface area contributed by atoms with Crippen molar-refractivity contribution in [1.29, 1.82) is 0 Å². The maximum atomic E-state index is 13.0. The van der Waals surface area contributed by atoms with Crippen molar-refractivity contribution in [2.24, 2.45) is 17.6 Å². The van der Waals surface area contributed by atoms with Crippen LogP contribution in [-0.2, 0) is 14.4 Å². The van der Waals surface area contributed by atoms with Crippen LogP contribution in [0.2, 0.25) is 0 Å². The molecule has 24 heavy (non-hydrogen) atoms. The van der Waals surface area contributed by atoms with Gasteiger partial charge in [0.2, 0.25) is 17.7 Å². The second-order valence-corrected chi connectivity index (χ2v) is 7.08. The van der Waals surface area contributed by atoms with Gasteiger partial charge in [0.05, 0.1) is 5.92 Å². The van der Waals surface area contributed by atoms with Gasteiger partial charge in [0.15, 0.2) is 0 Å². The third-order valence-electron chi connectivity index (χ3n) is 4.88. The molecule has 0 aromatic heterocycles. The molecule has 2 unspecified atom stereocenters. The maximum Gasteiger partial charge on any atom is 0.245 e. The Morgan fingerprint density at radius 1 is 1.29 bits per heavy atom. The largest absolute Gasteiger partial charge is 0.355 e. The van der Waals surface area contributed by atoms with Crippen LogP contribution in [0.3, 0.4) is 0 Å². The van der Waals surface area contributed by atoms with Crippen LogP contribution in [0, 0.1) is 11.8 Å². The van der Waals surface area contributed by atoms with E-state index in [1.165, 1.54) is 0 Å². The smallest absolute Gasteiger partial charge is 0.245 e. The number of nitrogens with two attached hydrogens (primary N) is 1. The highest BCUT2D eigenvalue weighted by Crippen LogP contribution is 2.24. The molecule has 2 aliphatic heterocycles. The minimum absolute atomic E-state index is 0.0171. The molecule has 0 saturated carbocycles. The SMILES string of the molecule is CC(C)C(C(=O)N1CCCC(C(=O)NCCN)C1)N1CCCC1=O. The second-order valence-electron chi connectivity index (χ2n) is 7.08. The number of piperidine rings is 1. The molecular formula is C17H30N4O3. The molecule has 2 heterocycles. The van der Waals surface area contributed by atoms with E-state index in [1.807, 2.05) is 13.8 Å². The molecule has 0 aliphatic carbocycles. The number of likely N-dealkylation sites (tertiary alicyclic amines) is 2. The summed E-state index contributed by atoms with van der Waals surface area (Å²) in [4.78, 5) is 40.8.